The average Bonchev–Trinajstić information content (AvgIpc) is 3.23. The Morgan fingerprint density at radius 2 is 1.61 bits per heavy atom. The molecule has 0 amide bonds. The molecule has 2 fully saturated rings. The maximum absolute atomic E-state index is 10.6. The maximum Gasteiger partial charge on any atom is 0.490 e. The van der Waals surface area contributed by atoms with Crippen molar-refractivity contribution in [1.29, 1.82) is 0 Å². The van der Waals surface area contributed by atoms with Crippen molar-refractivity contribution in [2.45, 2.75) is 43.4 Å². The number of ether oxygens (including phenoxy) is 2. The molecule has 1 saturated carbocycles. The van der Waals surface area contributed by atoms with Gasteiger partial charge in [-0.1, -0.05) is 6.07 Å². The molecular weight excluding hydrogens is 506 g/mol. The fourth-order valence-electron chi connectivity index (χ4n) is 3.35. The van der Waals surface area contributed by atoms with Crippen LogP contribution in [0.5, 0.6) is 5.88 Å². The third-order valence-electron chi connectivity index (χ3n) is 4.79. The summed E-state index contributed by atoms with van der Waals surface area (Å²) in [5, 5.41) is 14.2. The summed E-state index contributed by atoms with van der Waals surface area (Å²) in [4.78, 5) is 32.7. The van der Waals surface area contributed by atoms with Gasteiger partial charge in [0.05, 0.1) is 12.6 Å². The predicted molar refractivity (Wildman–Crippen MR) is 108 cm³/mol. The van der Waals surface area contributed by atoms with E-state index >= 15 is 0 Å². The molecule has 10 nitrogen and oxygen atoms in total. The van der Waals surface area contributed by atoms with Crippen molar-refractivity contribution in [2.75, 3.05) is 18.1 Å². The second-order valence-corrected chi connectivity index (χ2v) is 7.17. The molecule has 3 atom stereocenters. The van der Waals surface area contributed by atoms with Gasteiger partial charge in [0.25, 0.3) is 0 Å². The molecule has 2 N–H and O–H groups in total. The van der Waals surface area contributed by atoms with Crippen LogP contribution < -0.4 is 9.64 Å². The smallest absolute Gasteiger partial charge is 0.475 e. The van der Waals surface area contributed by atoms with Gasteiger partial charge in [0.15, 0.2) is 0 Å². The minimum atomic E-state index is -5.08. The number of carbonyl (C=O) groups is 2. The third-order valence-corrected chi connectivity index (χ3v) is 4.79. The minimum Gasteiger partial charge on any atom is -0.475 e. The normalized spacial score (nSPS) is 21.2. The number of alkyl halides is 6. The van der Waals surface area contributed by atoms with Crippen LogP contribution in [0.4, 0.5) is 32.2 Å². The highest BCUT2D eigenvalue weighted by molar-refractivity contribution is 5.73. The fourth-order valence-corrected chi connectivity index (χ4v) is 3.35. The van der Waals surface area contributed by atoms with Crippen molar-refractivity contribution in [2.24, 2.45) is 0 Å². The van der Waals surface area contributed by atoms with E-state index in [9.17, 15) is 26.3 Å². The Labute approximate surface area is 199 Å². The van der Waals surface area contributed by atoms with E-state index in [1.54, 1.807) is 18.7 Å². The summed E-state index contributed by atoms with van der Waals surface area (Å²) in [5.41, 5.74) is 0. The topological polar surface area (TPSA) is 135 Å². The second-order valence-electron chi connectivity index (χ2n) is 7.17. The van der Waals surface area contributed by atoms with E-state index in [0.717, 1.165) is 25.2 Å². The number of aromatic nitrogens is 3. The van der Waals surface area contributed by atoms with Crippen molar-refractivity contribution in [3.8, 4) is 5.88 Å². The lowest BCUT2D eigenvalue weighted by Crippen LogP contribution is -2.52. The number of anilines is 1. The molecule has 2 aromatic heterocycles. The lowest BCUT2D eigenvalue weighted by atomic mass is 10.1. The monoisotopic (exact) mass is 526 g/mol. The van der Waals surface area contributed by atoms with Gasteiger partial charge in [0.2, 0.25) is 5.88 Å². The van der Waals surface area contributed by atoms with E-state index in [2.05, 4.69) is 19.9 Å². The van der Waals surface area contributed by atoms with Gasteiger partial charge in [-0.05, 0) is 25.0 Å². The van der Waals surface area contributed by atoms with Crippen LogP contribution in [-0.2, 0) is 14.3 Å². The van der Waals surface area contributed by atoms with Crippen LogP contribution >= 0.6 is 0 Å². The number of nitrogens with zero attached hydrogens (tertiary/aromatic N) is 4. The predicted octanol–water partition coefficient (Wildman–Crippen LogP) is 2.95. The van der Waals surface area contributed by atoms with E-state index in [1.165, 1.54) is 0 Å². The molecule has 0 bridgehead atoms. The highest BCUT2D eigenvalue weighted by Gasteiger charge is 2.44. The molecular formula is C20H20F6N4O6. The highest BCUT2D eigenvalue weighted by Crippen LogP contribution is 2.34. The Morgan fingerprint density at radius 3 is 2.11 bits per heavy atom. The standard InChI is InChI=1S/C16H18N4O2.2C2HF3O2/c1-2-7-18-15(3-1)22-13-5-4-12-16(13)21-10-9-20(12)14-6-8-17-11-19-14;2*3-2(4,5)1(6)7/h1-3,6-8,11-13,16H,4-5,9-10H2;2*(H,6,7)/t12-,13-,16+;;/m0../s1. The highest BCUT2D eigenvalue weighted by atomic mass is 19.4. The molecule has 36 heavy (non-hydrogen) atoms. The largest absolute Gasteiger partial charge is 0.490 e. The van der Waals surface area contributed by atoms with Crippen molar-refractivity contribution in [3.05, 3.63) is 43.0 Å². The van der Waals surface area contributed by atoms with Crippen molar-refractivity contribution in [3.63, 3.8) is 0 Å². The zero-order valence-corrected chi connectivity index (χ0v) is 18.2. The van der Waals surface area contributed by atoms with Crippen LogP contribution in [-0.4, -0.2) is 80.9 Å². The number of rotatable bonds is 3. The van der Waals surface area contributed by atoms with Crippen molar-refractivity contribution < 1.29 is 55.6 Å². The van der Waals surface area contributed by atoms with E-state index in [1.807, 2.05) is 24.3 Å². The van der Waals surface area contributed by atoms with Gasteiger partial charge in [0, 0.05) is 25.0 Å². The first kappa shape index (κ1) is 28.5. The first-order valence-electron chi connectivity index (χ1n) is 10.1. The number of carboxylic acids is 2. The minimum absolute atomic E-state index is 0.0459. The molecule has 4 rings (SSSR count). The molecule has 3 heterocycles. The Hall–Kier alpha value is -3.69. The van der Waals surface area contributed by atoms with E-state index in [-0.39, 0.29) is 12.2 Å². The van der Waals surface area contributed by atoms with Gasteiger partial charge in [-0.2, -0.15) is 26.3 Å². The second kappa shape index (κ2) is 12.3. The molecule has 0 unspecified atom stereocenters. The third kappa shape index (κ3) is 8.51. The van der Waals surface area contributed by atoms with E-state index in [4.69, 9.17) is 29.3 Å². The van der Waals surface area contributed by atoms with Crippen LogP contribution in [0.3, 0.4) is 0 Å². The maximum atomic E-state index is 10.6. The van der Waals surface area contributed by atoms with Gasteiger partial charge < -0.3 is 24.6 Å². The van der Waals surface area contributed by atoms with Gasteiger partial charge in [-0.15, -0.1) is 0 Å². The Bertz CT molecular complexity index is 956. The van der Waals surface area contributed by atoms with Crippen LogP contribution in [0.2, 0.25) is 0 Å². The van der Waals surface area contributed by atoms with Crippen LogP contribution in [0, 0.1) is 0 Å². The molecule has 0 radical (unpaired) electrons. The van der Waals surface area contributed by atoms with Crippen LogP contribution in [0.25, 0.3) is 0 Å². The summed E-state index contributed by atoms with van der Waals surface area (Å²) < 4.78 is 75.5. The quantitative estimate of drug-likeness (QED) is 0.575. The number of pyridine rings is 1. The molecule has 1 aliphatic carbocycles. The summed E-state index contributed by atoms with van der Waals surface area (Å²) in [6.45, 7) is 1.54. The number of hydrogen-bond acceptors (Lipinski definition) is 8. The Morgan fingerprint density at radius 1 is 0.972 bits per heavy atom. The van der Waals surface area contributed by atoms with Gasteiger partial charge in [-0.3, -0.25) is 0 Å². The van der Waals surface area contributed by atoms with Gasteiger partial charge in [-0.25, -0.2) is 24.5 Å². The number of hydrogen-bond donors (Lipinski definition) is 2. The average molecular weight is 526 g/mol. The van der Waals surface area contributed by atoms with Gasteiger partial charge >= 0.3 is 24.3 Å². The fraction of sp³-hybridized carbons (Fsp3) is 0.450. The number of carboxylic acid groups (broad SMARTS) is 2. The molecule has 198 valence electrons. The summed E-state index contributed by atoms with van der Waals surface area (Å²) >= 11 is 0. The molecule has 16 heteroatoms. The van der Waals surface area contributed by atoms with Crippen molar-refractivity contribution in [1.82, 2.24) is 15.0 Å². The number of halogens is 6. The van der Waals surface area contributed by atoms with Crippen LogP contribution in [0.1, 0.15) is 12.8 Å². The number of fused-ring (bicyclic) bond motifs is 1. The Kier molecular flexibility index (Phi) is 9.77. The van der Waals surface area contributed by atoms with E-state index in [0.29, 0.717) is 18.5 Å². The van der Waals surface area contributed by atoms with Gasteiger partial charge in [0.1, 0.15) is 24.4 Å². The first-order chi connectivity index (χ1) is 16.8. The molecule has 0 aromatic carbocycles. The molecule has 0 spiro atoms. The summed E-state index contributed by atoms with van der Waals surface area (Å²) in [5.74, 6) is -3.89. The molecule has 1 aliphatic heterocycles. The zero-order valence-electron chi connectivity index (χ0n) is 18.2. The van der Waals surface area contributed by atoms with E-state index < -0.39 is 24.3 Å². The number of morpholine rings is 1. The Balaban J connectivity index is 0.000000271. The summed E-state index contributed by atoms with van der Waals surface area (Å²) in [7, 11) is 0. The van der Waals surface area contributed by atoms with Crippen molar-refractivity contribution >= 4 is 17.8 Å². The first-order valence-corrected chi connectivity index (χ1v) is 10.1. The lowest BCUT2D eigenvalue weighted by molar-refractivity contribution is -0.193. The summed E-state index contributed by atoms with van der Waals surface area (Å²) in [6.07, 6.45) is -2.94. The molecule has 2 aromatic rings. The molecule has 2 aliphatic rings. The zero-order chi connectivity index (χ0) is 26.9. The summed E-state index contributed by atoms with van der Waals surface area (Å²) in [6, 6.07) is 7.97. The van der Waals surface area contributed by atoms with Crippen LogP contribution in [0.15, 0.2) is 43.0 Å². The molecule has 1 saturated heterocycles. The number of aliphatic carboxylic acids is 2. The lowest BCUT2D eigenvalue weighted by Gasteiger charge is -2.39. The SMILES string of the molecule is O=C(O)C(F)(F)F.O=C(O)C(F)(F)F.c1ccc(O[C@H]2CC[C@H]3[C@H]2OCCN3c2ccncn2)nc1.